The number of methoxy groups -OCH3 is 1. The minimum absolute atomic E-state index is 0.0711. The summed E-state index contributed by atoms with van der Waals surface area (Å²) in [5.41, 5.74) is -0.0590. The Balaban J connectivity index is 1.78. The van der Waals surface area contributed by atoms with Gasteiger partial charge in [0.25, 0.3) is 0 Å². The van der Waals surface area contributed by atoms with Crippen LogP contribution in [0.4, 0.5) is 10.6 Å². The van der Waals surface area contributed by atoms with Crippen LogP contribution >= 0.6 is 0 Å². The van der Waals surface area contributed by atoms with Crippen LogP contribution in [-0.2, 0) is 4.74 Å². The van der Waals surface area contributed by atoms with Crippen molar-refractivity contribution in [1.29, 1.82) is 0 Å². The fourth-order valence-electron chi connectivity index (χ4n) is 3.54. The third kappa shape index (κ3) is 2.08. The predicted octanol–water partition coefficient (Wildman–Crippen LogP) is 1.74. The fourth-order valence-corrected chi connectivity index (χ4v) is 3.54. The van der Waals surface area contributed by atoms with Crippen molar-refractivity contribution in [2.24, 2.45) is 0 Å². The van der Waals surface area contributed by atoms with Crippen LogP contribution in [0.5, 0.6) is 5.75 Å². The SMILES string of the molecule is COc1cc2c(N3CC4NC(=O)OC4(C)C3)nccc2cc1C=O. The Labute approximate surface area is 138 Å². The van der Waals surface area contributed by atoms with E-state index in [1.165, 1.54) is 7.11 Å². The predicted molar refractivity (Wildman–Crippen MR) is 87.7 cm³/mol. The lowest BCUT2D eigenvalue weighted by molar-refractivity contribution is 0.0761. The lowest BCUT2D eigenvalue weighted by Gasteiger charge is -2.23. The highest BCUT2D eigenvalue weighted by Crippen LogP contribution is 2.36. The van der Waals surface area contributed by atoms with Crippen LogP contribution in [0.3, 0.4) is 0 Å². The molecule has 1 aromatic heterocycles. The third-order valence-electron chi connectivity index (χ3n) is 4.78. The van der Waals surface area contributed by atoms with Gasteiger partial charge in [0, 0.05) is 18.1 Å². The number of alkyl carbamates (subject to hydrolysis) is 1. The van der Waals surface area contributed by atoms with E-state index in [4.69, 9.17) is 9.47 Å². The van der Waals surface area contributed by atoms with Gasteiger partial charge in [-0.2, -0.15) is 0 Å². The number of pyridine rings is 1. The van der Waals surface area contributed by atoms with E-state index >= 15 is 0 Å². The molecular weight excluding hydrogens is 310 g/mol. The van der Waals surface area contributed by atoms with Crippen LogP contribution in [0, 0.1) is 0 Å². The average molecular weight is 327 g/mol. The van der Waals surface area contributed by atoms with Crippen LogP contribution in [-0.4, -0.2) is 49.2 Å². The maximum absolute atomic E-state index is 11.5. The van der Waals surface area contributed by atoms with Gasteiger partial charge < -0.3 is 19.7 Å². The molecule has 0 radical (unpaired) electrons. The average Bonchev–Trinajstić information content (AvgIpc) is 3.02. The second kappa shape index (κ2) is 5.09. The number of fused-ring (bicyclic) bond motifs is 2. The number of rotatable bonds is 3. The minimum Gasteiger partial charge on any atom is -0.496 e. The van der Waals surface area contributed by atoms with E-state index in [9.17, 15) is 9.59 Å². The number of benzene rings is 1. The largest absolute Gasteiger partial charge is 0.496 e. The molecule has 7 nitrogen and oxygen atoms in total. The molecular formula is C17H17N3O4. The molecule has 1 N–H and O–H groups in total. The first-order valence-corrected chi connectivity index (χ1v) is 7.70. The first-order valence-electron chi connectivity index (χ1n) is 7.70. The smallest absolute Gasteiger partial charge is 0.408 e. The first kappa shape index (κ1) is 14.7. The Kier molecular flexibility index (Phi) is 3.13. The second-order valence-electron chi connectivity index (χ2n) is 6.35. The summed E-state index contributed by atoms with van der Waals surface area (Å²) < 4.78 is 10.7. The quantitative estimate of drug-likeness (QED) is 0.865. The number of nitrogens with one attached hydrogen (secondary N) is 1. The van der Waals surface area contributed by atoms with Crippen LogP contribution in [0.1, 0.15) is 17.3 Å². The summed E-state index contributed by atoms with van der Waals surface area (Å²) in [6.45, 7) is 3.10. The molecule has 0 bridgehead atoms. The standard InChI is InChI=1S/C17H17N3O4/c1-17-9-20(7-14(17)19-16(22)24-17)15-12-6-13(23-2)11(8-21)5-10(12)3-4-18-15/h3-6,8,14H,7,9H2,1-2H3,(H,19,22). The molecule has 124 valence electrons. The van der Waals surface area contributed by atoms with Gasteiger partial charge in [0.05, 0.1) is 25.3 Å². The van der Waals surface area contributed by atoms with Gasteiger partial charge in [-0.25, -0.2) is 9.78 Å². The molecule has 24 heavy (non-hydrogen) atoms. The van der Waals surface area contributed by atoms with Crippen molar-refractivity contribution in [3.8, 4) is 5.75 Å². The topological polar surface area (TPSA) is 80.8 Å². The number of nitrogens with zero attached hydrogens (tertiary/aromatic N) is 2. The molecule has 2 aliphatic heterocycles. The number of aldehydes is 1. The summed E-state index contributed by atoms with van der Waals surface area (Å²) in [6.07, 6.45) is 2.13. The van der Waals surface area contributed by atoms with Gasteiger partial charge in [0.15, 0.2) is 11.9 Å². The summed E-state index contributed by atoms with van der Waals surface area (Å²) in [4.78, 5) is 29.3. The van der Waals surface area contributed by atoms with E-state index in [1.54, 1.807) is 12.3 Å². The Bertz CT molecular complexity index is 853. The highest BCUT2D eigenvalue weighted by atomic mass is 16.6. The van der Waals surface area contributed by atoms with Gasteiger partial charge in [-0.05, 0) is 30.5 Å². The number of carbonyl (C=O) groups is 2. The van der Waals surface area contributed by atoms with Crippen LogP contribution in [0.2, 0.25) is 0 Å². The number of ether oxygens (including phenoxy) is 2. The molecule has 3 heterocycles. The Morgan fingerprint density at radius 1 is 1.50 bits per heavy atom. The van der Waals surface area contributed by atoms with Crippen molar-refractivity contribution in [3.63, 3.8) is 0 Å². The number of anilines is 1. The number of amides is 1. The van der Waals surface area contributed by atoms with E-state index in [1.807, 2.05) is 19.1 Å². The lowest BCUT2D eigenvalue weighted by atomic mass is 10.0. The van der Waals surface area contributed by atoms with E-state index in [0.717, 1.165) is 22.9 Å². The van der Waals surface area contributed by atoms with Crippen molar-refractivity contribution in [2.45, 2.75) is 18.6 Å². The molecule has 2 atom stereocenters. The van der Waals surface area contributed by atoms with Crippen molar-refractivity contribution < 1.29 is 19.1 Å². The van der Waals surface area contributed by atoms with Crippen LogP contribution in [0.25, 0.3) is 10.8 Å². The molecule has 0 aliphatic carbocycles. The third-order valence-corrected chi connectivity index (χ3v) is 4.78. The van der Waals surface area contributed by atoms with Gasteiger partial charge in [-0.15, -0.1) is 0 Å². The van der Waals surface area contributed by atoms with Gasteiger partial charge in [0.1, 0.15) is 11.6 Å². The van der Waals surface area contributed by atoms with Crippen molar-refractivity contribution >= 4 is 29.0 Å². The molecule has 0 saturated carbocycles. The molecule has 4 rings (SSSR count). The highest BCUT2D eigenvalue weighted by Gasteiger charge is 2.52. The molecule has 2 fully saturated rings. The Morgan fingerprint density at radius 3 is 3.04 bits per heavy atom. The number of hydrogen-bond donors (Lipinski definition) is 1. The molecule has 2 saturated heterocycles. The molecule has 1 aromatic carbocycles. The van der Waals surface area contributed by atoms with Crippen LogP contribution < -0.4 is 15.0 Å². The minimum atomic E-state index is -0.562. The number of aromatic nitrogens is 1. The zero-order valence-electron chi connectivity index (χ0n) is 13.4. The van der Waals surface area contributed by atoms with Gasteiger partial charge in [0.2, 0.25) is 0 Å². The van der Waals surface area contributed by atoms with Gasteiger partial charge >= 0.3 is 6.09 Å². The molecule has 2 unspecified atom stereocenters. The summed E-state index contributed by atoms with van der Waals surface area (Å²) in [7, 11) is 1.54. The zero-order chi connectivity index (χ0) is 16.9. The number of hydrogen-bond acceptors (Lipinski definition) is 6. The summed E-state index contributed by atoms with van der Waals surface area (Å²) in [5, 5.41) is 4.65. The van der Waals surface area contributed by atoms with E-state index in [0.29, 0.717) is 24.4 Å². The first-order chi connectivity index (χ1) is 11.5. The van der Waals surface area contributed by atoms with Gasteiger partial charge in [-0.3, -0.25) is 4.79 Å². The van der Waals surface area contributed by atoms with Gasteiger partial charge in [-0.1, -0.05) is 0 Å². The molecule has 0 spiro atoms. The van der Waals surface area contributed by atoms with Crippen LogP contribution in [0.15, 0.2) is 24.4 Å². The Hall–Kier alpha value is -2.83. The van der Waals surface area contributed by atoms with E-state index in [2.05, 4.69) is 15.2 Å². The molecule has 1 amide bonds. The second-order valence-corrected chi connectivity index (χ2v) is 6.35. The fraction of sp³-hybridized carbons (Fsp3) is 0.353. The van der Waals surface area contributed by atoms with Crippen molar-refractivity contribution in [2.75, 3.05) is 25.1 Å². The summed E-state index contributed by atoms with van der Waals surface area (Å²) in [5.74, 6) is 1.30. The highest BCUT2D eigenvalue weighted by molar-refractivity contribution is 5.98. The normalized spacial score (nSPS) is 25.3. The number of carbonyl (C=O) groups excluding carboxylic acids is 2. The molecule has 7 heteroatoms. The lowest BCUT2D eigenvalue weighted by Crippen LogP contribution is -2.39. The molecule has 2 aliphatic rings. The Morgan fingerprint density at radius 2 is 2.33 bits per heavy atom. The maximum Gasteiger partial charge on any atom is 0.408 e. The van der Waals surface area contributed by atoms with E-state index in [-0.39, 0.29) is 12.1 Å². The summed E-state index contributed by atoms with van der Waals surface area (Å²) in [6, 6.07) is 5.42. The van der Waals surface area contributed by atoms with Crippen molar-refractivity contribution in [1.82, 2.24) is 10.3 Å². The van der Waals surface area contributed by atoms with Crippen molar-refractivity contribution in [3.05, 3.63) is 30.0 Å². The maximum atomic E-state index is 11.5. The van der Waals surface area contributed by atoms with E-state index < -0.39 is 5.60 Å². The monoisotopic (exact) mass is 327 g/mol. The summed E-state index contributed by atoms with van der Waals surface area (Å²) >= 11 is 0. The zero-order valence-corrected chi connectivity index (χ0v) is 13.4. The molecule has 2 aromatic rings.